The third-order valence-corrected chi connectivity index (χ3v) is 4.63. The number of carbonyl (C=O) groups excluding carboxylic acids is 1. The number of nitriles is 1. The number of nitrogens with zero attached hydrogens (tertiary/aromatic N) is 2. The molecule has 1 aromatic heterocycles. The summed E-state index contributed by atoms with van der Waals surface area (Å²) in [6.07, 6.45) is 3.02. The summed E-state index contributed by atoms with van der Waals surface area (Å²) in [7, 11) is 1.38. The second-order valence-electron chi connectivity index (χ2n) is 4.79. The Hall–Kier alpha value is -2.01. The van der Waals surface area contributed by atoms with Crippen molar-refractivity contribution in [3.05, 3.63) is 41.2 Å². The smallest absolute Gasteiger partial charge is 0.325 e. The highest BCUT2D eigenvalue weighted by Gasteiger charge is 2.16. The van der Waals surface area contributed by atoms with E-state index in [1.165, 1.54) is 29.0 Å². The van der Waals surface area contributed by atoms with Gasteiger partial charge in [-0.05, 0) is 30.7 Å². The predicted molar refractivity (Wildman–Crippen MR) is 89.3 cm³/mol. The SMILES string of the molecule is CCOC(=O)Cn1cc(C#N)c(-c2cc(Cl)cc(S(=O)(=O)Cl)c2)c1. The zero-order chi connectivity index (χ0) is 17.9. The lowest BCUT2D eigenvalue weighted by molar-refractivity contribution is -0.143. The number of rotatable bonds is 5. The van der Waals surface area contributed by atoms with Crippen LogP contribution in [0.3, 0.4) is 0 Å². The lowest BCUT2D eigenvalue weighted by atomic mass is 10.1. The zero-order valence-electron chi connectivity index (χ0n) is 12.5. The molecule has 2 aromatic rings. The topological polar surface area (TPSA) is 89.2 Å². The Morgan fingerprint density at radius 1 is 1.33 bits per heavy atom. The van der Waals surface area contributed by atoms with Gasteiger partial charge >= 0.3 is 5.97 Å². The van der Waals surface area contributed by atoms with Crippen LogP contribution in [0, 0.1) is 11.3 Å². The van der Waals surface area contributed by atoms with Gasteiger partial charge in [0.15, 0.2) is 0 Å². The molecule has 0 bridgehead atoms. The van der Waals surface area contributed by atoms with Gasteiger partial charge in [-0.1, -0.05) is 11.6 Å². The number of esters is 1. The first-order valence-electron chi connectivity index (χ1n) is 6.75. The molecule has 0 saturated heterocycles. The van der Waals surface area contributed by atoms with Crippen molar-refractivity contribution in [1.29, 1.82) is 5.26 Å². The lowest BCUT2D eigenvalue weighted by Gasteiger charge is -2.04. The number of aromatic nitrogens is 1. The largest absolute Gasteiger partial charge is 0.465 e. The van der Waals surface area contributed by atoms with Crippen LogP contribution in [0.1, 0.15) is 12.5 Å². The summed E-state index contributed by atoms with van der Waals surface area (Å²) in [6.45, 7) is 1.88. The van der Waals surface area contributed by atoms with E-state index in [0.717, 1.165) is 0 Å². The van der Waals surface area contributed by atoms with Gasteiger partial charge in [0, 0.05) is 33.7 Å². The number of hydrogen-bond acceptors (Lipinski definition) is 5. The second kappa shape index (κ2) is 7.26. The highest BCUT2D eigenvalue weighted by atomic mass is 35.7. The average molecular weight is 387 g/mol. The molecule has 0 N–H and O–H groups in total. The van der Waals surface area contributed by atoms with Crippen molar-refractivity contribution >= 4 is 37.3 Å². The van der Waals surface area contributed by atoms with Crippen molar-refractivity contribution in [2.75, 3.05) is 6.61 Å². The van der Waals surface area contributed by atoms with Crippen molar-refractivity contribution in [2.45, 2.75) is 18.4 Å². The molecule has 24 heavy (non-hydrogen) atoms. The first-order valence-corrected chi connectivity index (χ1v) is 9.44. The van der Waals surface area contributed by atoms with Gasteiger partial charge in [0.05, 0.1) is 17.1 Å². The van der Waals surface area contributed by atoms with Gasteiger partial charge in [0.1, 0.15) is 12.6 Å². The van der Waals surface area contributed by atoms with Gasteiger partial charge in [-0.3, -0.25) is 4.79 Å². The predicted octanol–water partition coefficient (Wildman–Crippen LogP) is 3.17. The van der Waals surface area contributed by atoms with Crippen LogP contribution in [0.2, 0.25) is 5.02 Å². The molecule has 0 radical (unpaired) electrons. The van der Waals surface area contributed by atoms with Crippen LogP contribution < -0.4 is 0 Å². The van der Waals surface area contributed by atoms with E-state index in [2.05, 4.69) is 0 Å². The third kappa shape index (κ3) is 4.29. The first kappa shape index (κ1) is 18.3. The molecular weight excluding hydrogens is 375 g/mol. The zero-order valence-corrected chi connectivity index (χ0v) is 14.8. The Balaban J connectivity index is 2.49. The second-order valence-corrected chi connectivity index (χ2v) is 7.79. The maximum absolute atomic E-state index is 11.6. The van der Waals surface area contributed by atoms with E-state index in [-0.39, 0.29) is 28.6 Å². The number of benzene rings is 1. The maximum atomic E-state index is 11.6. The number of ether oxygens (including phenoxy) is 1. The van der Waals surface area contributed by atoms with Crippen molar-refractivity contribution < 1.29 is 17.9 Å². The number of carbonyl (C=O) groups is 1. The Bertz CT molecular complexity index is 929. The Morgan fingerprint density at radius 3 is 2.62 bits per heavy atom. The van der Waals surface area contributed by atoms with E-state index in [4.69, 9.17) is 27.0 Å². The highest BCUT2D eigenvalue weighted by molar-refractivity contribution is 8.13. The van der Waals surface area contributed by atoms with E-state index in [1.807, 2.05) is 6.07 Å². The Labute approximate surface area is 148 Å². The summed E-state index contributed by atoms with van der Waals surface area (Å²) in [5, 5.41) is 9.43. The molecule has 126 valence electrons. The molecule has 0 aliphatic rings. The van der Waals surface area contributed by atoms with Crippen LogP contribution >= 0.6 is 22.3 Å². The van der Waals surface area contributed by atoms with Crippen molar-refractivity contribution in [3.8, 4) is 17.2 Å². The van der Waals surface area contributed by atoms with E-state index >= 15 is 0 Å². The van der Waals surface area contributed by atoms with Gasteiger partial charge in [-0.2, -0.15) is 5.26 Å². The summed E-state index contributed by atoms with van der Waals surface area (Å²) in [5.74, 6) is -0.446. The standard InChI is InChI=1S/C15H12Cl2N2O4S/c1-2-23-15(20)9-19-7-11(6-18)14(8-19)10-3-12(16)5-13(4-10)24(17,21)22/h3-5,7-8H,2,9H2,1H3. The molecule has 0 amide bonds. The normalized spacial score (nSPS) is 11.1. The summed E-state index contributed by atoms with van der Waals surface area (Å²) >= 11 is 5.95. The molecule has 0 unspecified atom stereocenters. The summed E-state index contributed by atoms with van der Waals surface area (Å²) in [6, 6.07) is 6.05. The van der Waals surface area contributed by atoms with Gasteiger partial charge in [0.25, 0.3) is 9.05 Å². The van der Waals surface area contributed by atoms with Crippen LogP contribution in [0.25, 0.3) is 11.1 Å². The monoisotopic (exact) mass is 386 g/mol. The quantitative estimate of drug-likeness (QED) is 0.581. The minimum atomic E-state index is -3.97. The van der Waals surface area contributed by atoms with Crippen molar-refractivity contribution in [2.24, 2.45) is 0 Å². The summed E-state index contributed by atoms with van der Waals surface area (Å²) in [5.41, 5.74) is 1.10. The first-order chi connectivity index (χ1) is 11.2. The molecule has 0 aliphatic heterocycles. The van der Waals surface area contributed by atoms with Crippen LogP contribution in [-0.4, -0.2) is 25.6 Å². The van der Waals surface area contributed by atoms with Gasteiger partial charge in [0.2, 0.25) is 0 Å². The van der Waals surface area contributed by atoms with Crippen molar-refractivity contribution in [1.82, 2.24) is 4.57 Å². The van der Waals surface area contributed by atoms with E-state index in [1.54, 1.807) is 13.1 Å². The summed E-state index contributed by atoms with van der Waals surface area (Å²) < 4.78 is 29.4. The molecule has 0 saturated carbocycles. The fourth-order valence-corrected chi connectivity index (χ4v) is 3.24. The molecule has 2 rings (SSSR count). The Morgan fingerprint density at radius 2 is 2.04 bits per heavy atom. The molecule has 0 spiro atoms. The summed E-state index contributed by atoms with van der Waals surface area (Å²) in [4.78, 5) is 11.4. The molecule has 0 aliphatic carbocycles. The fourth-order valence-electron chi connectivity index (χ4n) is 2.13. The van der Waals surface area contributed by atoms with Gasteiger partial charge in [-0.25, -0.2) is 8.42 Å². The molecule has 0 atom stereocenters. The molecular formula is C15H12Cl2N2O4S. The van der Waals surface area contributed by atoms with Crippen LogP contribution in [0.4, 0.5) is 0 Å². The van der Waals surface area contributed by atoms with Crippen LogP contribution in [0.15, 0.2) is 35.5 Å². The lowest BCUT2D eigenvalue weighted by Crippen LogP contribution is -2.11. The van der Waals surface area contributed by atoms with Gasteiger partial charge < -0.3 is 9.30 Å². The van der Waals surface area contributed by atoms with E-state index in [0.29, 0.717) is 11.1 Å². The highest BCUT2D eigenvalue weighted by Crippen LogP contribution is 2.31. The van der Waals surface area contributed by atoms with Gasteiger partial charge in [-0.15, -0.1) is 0 Å². The molecule has 6 nitrogen and oxygen atoms in total. The number of halogens is 2. The maximum Gasteiger partial charge on any atom is 0.325 e. The van der Waals surface area contributed by atoms with Crippen LogP contribution in [0.5, 0.6) is 0 Å². The molecule has 1 heterocycles. The average Bonchev–Trinajstić information content (AvgIpc) is 2.88. The van der Waals surface area contributed by atoms with Crippen LogP contribution in [-0.2, 0) is 25.1 Å². The van der Waals surface area contributed by atoms with Crippen molar-refractivity contribution in [3.63, 3.8) is 0 Å². The minimum absolute atomic E-state index is 0.0657. The third-order valence-electron chi connectivity index (χ3n) is 3.08. The number of hydrogen-bond donors (Lipinski definition) is 0. The molecule has 1 aromatic carbocycles. The molecule has 9 heteroatoms. The fraction of sp³-hybridized carbons (Fsp3) is 0.200. The van der Waals surface area contributed by atoms with E-state index < -0.39 is 15.0 Å². The minimum Gasteiger partial charge on any atom is -0.465 e. The molecule has 0 fully saturated rings. The Kier molecular flexibility index (Phi) is 5.54. The van der Waals surface area contributed by atoms with E-state index in [9.17, 15) is 18.5 Å².